The molecule has 2 aliphatic carbocycles. The summed E-state index contributed by atoms with van der Waals surface area (Å²) in [4.78, 5) is 22.9. The van der Waals surface area contributed by atoms with Crippen LogP contribution in [0, 0.1) is 17.8 Å². The molecule has 2 fully saturated rings. The number of oxime groups is 1. The van der Waals surface area contributed by atoms with E-state index in [2.05, 4.69) is 37.4 Å². The van der Waals surface area contributed by atoms with E-state index in [1.54, 1.807) is 35.9 Å². The first kappa shape index (κ1) is 43.8. The summed E-state index contributed by atoms with van der Waals surface area (Å²) in [6.45, 7) is 9.53. The average molecular weight is 819 g/mol. The predicted octanol–water partition coefficient (Wildman–Crippen LogP) is 8.66. The van der Waals surface area contributed by atoms with Crippen molar-refractivity contribution in [1.29, 1.82) is 0 Å². The van der Waals surface area contributed by atoms with E-state index in [-0.39, 0.29) is 50.6 Å². The highest BCUT2D eigenvalue weighted by Crippen LogP contribution is 2.62. The van der Waals surface area contributed by atoms with Gasteiger partial charge in [-0.15, -0.1) is 24.9 Å². The maximum absolute atomic E-state index is 13.9. The van der Waals surface area contributed by atoms with E-state index in [4.69, 9.17) is 33.7 Å². The molecular formula is C46H62N2O9S. The molecular weight excluding hydrogens is 757 g/mol. The van der Waals surface area contributed by atoms with Crippen molar-refractivity contribution in [1.82, 2.24) is 4.90 Å². The van der Waals surface area contributed by atoms with Crippen molar-refractivity contribution >= 4 is 23.6 Å². The van der Waals surface area contributed by atoms with Crippen LogP contribution >= 0.6 is 11.8 Å². The smallest absolute Gasteiger partial charge is 0.409 e. The van der Waals surface area contributed by atoms with Gasteiger partial charge in [0.15, 0.2) is 0 Å². The van der Waals surface area contributed by atoms with Crippen molar-refractivity contribution in [2.45, 2.75) is 99.6 Å². The van der Waals surface area contributed by atoms with Gasteiger partial charge in [-0.3, -0.25) is 0 Å². The van der Waals surface area contributed by atoms with Gasteiger partial charge >= 0.3 is 6.09 Å². The van der Waals surface area contributed by atoms with Crippen molar-refractivity contribution < 1.29 is 43.5 Å². The number of likely N-dealkylation sites (N-methyl/N-ethyl adjacent to an activating group) is 1. The number of hydrogen-bond donors (Lipinski definition) is 2. The van der Waals surface area contributed by atoms with Crippen LogP contribution in [-0.2, 0) is 19.0 Å². The number of aliphatic hydroxyl groups is 2. The summed E-state index contributed by atoms with van der Waals surface area (Å²) in [5.74, 6) is 0.489. The Labute approximate surface area is 348 Å². The molecule has 2 heterocycles. The highest BCUT2D eigenvalue weighted by atomic mass is 32.2. The van der Waals surface area contributed by atoms with Crippen LogP contribution < -0.4 is 9.47 Å². The summed E-state index contributed by atoms with van der Waals surface area (Å²) < 4.78 is 32.3. The van der Waals surface area contributed by atoms with Crippen LogP contribution in [0.2, 0.25) is 0 Å². The molecule has 4 aliphatic rings. The fourth-order valence-electron chi connectivity index (χ4n) is 9.03. The number of allylic oxidation sites excluding steroid dienone is 1. The number of unbranched alkanes of at least 4 members (excludes halogenated alkanes) is 2. The molecule has 0 bridgehead atoms. The molecule has 12 heteroatoms. The van der Waals surface area contributed by atoms with Gasteiger partial charge in [-0.05, 0) is 92.7 Å². The Bertz CT molecular complexity index is 1700. The molecule has 6 rings (SSSR count). The Morgan fingerprint density at radius 2 is 1.84 bits per heavy atom. The van der Waals surface area contributed by atoms with Crippen LogP contribution in [0.15, 0.2) is 95.5 Å². The maximum Gasteiger partial charge on any atom is 0.409 e. The second-order valence-corrected chi connectivity index (χ2v) is 16.7. The Hall–Kier alpha value is -3.81. The zero-order valence-electron chi connectivity index (χ0n) is 34.0. The number of carbonyl (C=O) groups excluding carboxylic acids is 1. The molecule has 1 amide bonds. The predicted molar refractivity (Wildman–Crippen MR) is 226 cm³/mol. The van der Waals surface area contributed by atoms with E-state index < -0.39 is 30.1 Å². The van der Waals surface area contributed by atoms with Crippen molar-refractivity contribution in [3.63, 3.8) is 0 Å². The third-order valence-corrected chi connectivity index (χ3v) is 12.7. The number of benzene rings is 2. The van der Waals surface area contributed by atoms with Crippen LogP contribution in [0.1, 0.15) is 82.1 Å². The van der Waals surface area contributed by atoms with Gasteiger partial charge < -0.3 is 43.6 Å². The highest BCUT2D eigenvalue weighted by molar-refractivity contribution is 7.99. The molecule has 2 N–H and O–H groups in total. The molecule has 0 aromatic heterocycles. The van der Waals surface area contributed by atoms with Gasteiger partial charge in [-0.1, -0.05) is 54.4 Å². The van der Waals surface area contributed by atoms with E-state index in [0.29, 0.717) is 38.2 Å². The molecule has 2 aromatic rings. The third-order valence-electron chi connectivity index (χ3n) is 11.7. The highest BCUT2D eigenvalue weighted by Gasteiger charge is 2.65. The molecule has 1 saturated carbocycles. The molecule has 2 aromatic carbocycles. The molecule has 58 heavy (non-hydrogen) atoms. The Kier molecular flexibility index (Phi) is 16.6. The maximum atomic E-state index is 13.9. The van der Waals surface area contributed by atoms with E-state index in [9.17, 15) is 15.0 Å². The molecule has 1 saturated heterocycles. The Morgan fingerprint density at radius 1 is 1.03 bits per heavy atom. The van der Waals surface area contributed by atoms with Gasteiger partial charge in [0.25, 0.3) is 0 Å². The lowest BCUT2D eigenvalue weighted by Crippen LogP contribution is -2.69. The normalized spacial score (nSPS) is 26.7. The summed E-state index contributed by atoms with van der Waals surface area (Å²) in [5, 5.41) is 24.6. The lowest BCUT2D eigenvalue weighted by molar-refractivity contribution is -0.254. The van der Waals surface area contributed by atoms with Crippen LogP contribution in [0.4, 0.5) is 4.79 Å². The zero-order valence-corrected chi connectivity index (χ0v) is 34.8. The summed E-state index contributed by atoms with van der Waals surface area (Å²) in [7, 11) is 1.73. The minimum atomic E-state index is -1.36. The van der Waals surface area contributed by atoms with Gasteiger partial charge in [0.05, 0.1) is 38.1 Å². The number of amides is 1. The standard InChI is InChI=1S/C46H62N2O9S/c1-4-6-26-54-45(51)48(3)41-32-39(47-57-42-20-12-15-27-53-42)37-30-33(16-10-13-23-49)36(19-11-14-24-50)43-38-31-34(52-28-29-58-35-17-8-7-9-18-35)21-22-40(38)56-46(41,44(37)43)55-25-5-2/h4-5,7-9,17-18,21-22,30-31,33,36,41-44,49-50H,1-2,6,10-16,19-20,23-29,32H2,3H3/t33-,36+,41-,42?,43+,44+,46+/m0/s1. The number of thioether (sulfide) groups is 1. The SMILES string of the molecule is C=CCCOC(=O)N(C)[C@H]1CC(=NOC2CCCCO2)C2=C[C@H](CCCCO)[C@@H](CCCCO)[C@@H]3c4cc(OCCSc5ccccc5)ccc4O[C@@]1(OCC=C)[C@H]23. The minimum Gasteiger partial charge on any atom is -0.493 e. The lowest BCUT2D eigenvalue weighted by Gasteiger charge is -2.59. The summed E-state index contributed by atoms with van der Waals surface area (Å²) >= 11 is 1.75. The van der Waals surface area contributed by atoms with E-state index in [0.717, 1.165) is 73.3 Å². The van der Waals surface area contributed by atoms with Crippen LogP contribution in [0.3, 0.4) is 0 Å². The first-order valence-corrected chi connectivity index (χ1v) is 22.1. The molecule has 7 atom stereocenters. The van der Waals surface area contributed by atoms with Crippen molar-refractivity contribution in [2.24, 2.45) is 22.9 Å². The number of carbonyl (C=O) groups is 1. The first-order chi connectivity index (χ1) is 28.4. The first-order valence-electron chi connectivity index (χ1n) is 21.1. The Morgan fingerprint density at radius 3 is 2.59 bits per heavy atom. The fraction of sp³-hybridized carbons (Fsp3) is 0.565. The van der Waals surface area contributed by atoms with Gasteiger partial charge in [0.2, 0.25) is 12.1 Å². The molecule has 1 unspecified atom stereocenters. The summed E-state index contributed by atoms with van der Waals surface area (Å²) in [5.41, 5.74) is 2.70. The molecule has 0 radical (unpaired) electrons. The van der Waals surface area contributed by atoms with Gasteiger partial charge in [-0.2, -0.15) is 0 Å². The van der Waals surface area contributed by atoms with Gasteiger partial charge in [0.1, 0.15) is 17.5 Å². The fourth-order valence-corrected chi connectivity index (χ4v) is 9.78. The number of rotatable bonds is 22. The number of nitrogens with zero attached hydrogens (tertiary/aromatic N) is 2. The van der Waals surface area contributed by atoms with Crippen molar-refractivity contribution in [3.05, 3.63) is 91.1 Å². The zero-order chi connectivity index (χ0) is 40.7. The molecule has 2 aliphatic heterocycles. The van der Waals surface area contributed by atoms with E-state index in [1.807, 2.05) is 30.3 Å². The summed E-state index contributed by atoms with van der Waals surface area (Å²) in [6, 6.07) is 15.7. The van der Waals surface area contributed by atoms with Gasteiger partial charge in [0, 0.05) is 55.2 Å². The number of fused-ring (bicyclic) bond motifs is 2. The molecule has 11 nitrogen and oxygen atoms in total. The minimum absolute atomic E-state index is 0.102. The monoisotopic (exact) mass is 818 g/mol. The largest absolute Gasteiger partial charge is 0.493 e. The Balaban J connectivity index is 1.47. The average Bonchev–Trinajstić information content (AvgIpc) is 3.25. The van der Waals surface area contributed by atoms with Crippen LogP contribution in [0.25, 0.3) is 0 Å². The summed E-state index contributed by atoms with van der Waals surface area (Å²) in [6.07, 6.45) is 13.1. The van der Waals surface area contributed by atoms with E-state index >= 15 is 0 Å². The van der Waals surface area contributed by atoms with Crippen molar-refractivity contribution in [2.75, 3.05) is 52.4 Å². The lowest BCUT2D eigenvalue weighted by atomic mass is 9.55. The second kappa shape index (κ2) is 22.0. The topological polar surface area (TPSA) is 129 Å². The number of aliphatic hydroxyl groups excluding tert-OH is 2. The molecule has 316 valence electrons. The van der Waals surface area contributed by atoms with E-state index in [1.165, 1.54) is 4.90 Å². The quantitative estimate of drug-likeness (QED) is 0.0516. The van der Waals surface area contributed by atoms with Gasteiger partial charge in [-0.25, -0.2) is 4.79 Å². The second-order valence-electron chi connectivity index (χ2n) is 15.5. The third kappa shape index (κ3) is 10.5. The van der Waals surface area contributed by atoms with Crippen molar-refractivity contribution in [3.8, 4) is 11.5 Å². The van der Waals surface area contributed by atoms with Crippen LogP contribution in [0.5, 0.6) is 11.5 Å². The molecule has 0 spiro atoms. The van der Waals surface area contributed by atoms with Crippen LogP contribution in [-0.4, -0.2) is 97.5 Å². The number of ether oxygens (including phenoxy) is 5. The number of hydrogen-bond acceptors (Lipinski definition) is 11.